The molecular weight excluding hydrogens is 358 g/mol. The van der Waals surface area contributed by atoms with Crippen molar-refractivity contribution >= 4 is 34.8 Å². The summed E-state index contributed by atoms with van der Waals surface area (Å²) in [5.74, 6) is -1.11. The monoisotopic (exact) mass is 381 g/mol. The zero-order chi connectivity index (χ0) is 20.3. The van der Waals surface area contributed by atoms with E-state index in [-0.39, 0.29) is 24.3 Å². The van der Waals surface area contributed by atoms with Gasteiger partial charge in [-0.3, -0.25) is 9.59 Å². The summed E-state index contributed by atoms with van der Waals surface area (Å²) in [6.45, 7) is 1.39. The van der Waals surface area contributed by atoms with E-state index in [0.717, 1.165) is 5.69 Å². The third-order valence-corrected chi connectivity index (χ3v) is 4.57. The van der Waals surface area contributed by atoms with Gasteiger partial charge in [-0.15, -0.1) is 0 Å². The highest BCUT2D eigenvalue weighted by Gasteiger charge is 2.30. The molecular formula is C21H23N3O4. The van der Waals surface area contributed by atoms with Gasteiger partial charge in [-0.1, -0.05) is 12.1 Å². The molecule has 1 N–H and O–H groups in total. The van der Waals surface area contributed by atoms with Crippen LogP contribution >= 0.6 is 0 Å². The fourth-order valence-corrected chi connectivity index (χ4v) is 3.14. The molecule has 1 atom stereocenters. The van der Waals surface area contributed by atoms with Crippen molar-refractivity contribution < 1.29 is 19.1 Å². The van der Waals surface area contributed by atoms with Gasteiger partial charge >= 0.3 is 5.97 Å². The van der Waals surface area contributed by atoms with Crippen molar-refractivity contribution in [3.63, 3.8) is 0 Å². The number of anilines is 3. The number of nitrogens with zero attached hydrogens (tertiary/aromatic N) is 2. The van der Waals surface area contributed by atoms with Gasteiger partial charge in [-0.05, 0) is 43.3 Å². The molecule has 2 amide bonds. The fourth-order valence-electron chi connectivity index (χ4n) is 3.14. The van der Waals surface area contributed by atoms with Crippen LogP contribution in [0.3, 0.4) is 0 Å². The van der Waals surface area contributed by atoms with E-state index in [0.29, 0.717) is 16.9 Å². The Morgan fingerprint density at radius 1 is 1.14 bits per heavy atom. The first-order chi connectivity index (χ1) is 13.4. The van der Waals surface area contributed by atoms with Crippen LogP contribution in [0.15, 0.2) is 48.5 Å². The van der Waals surface area contributed by atoms with Gasteiger partial charge in [0.1, 0.15) is 0 Å². The molecule has 7 nitrogen and oxygen atoms in total. The zero-order valence-corrected chi connectivity index (χ0v) is 16.1. The fraction of sp³-hybridized carbons (Fsp3) is 0.286. The van der Waals surface area contributed by atoms with Crippen LogP contribution in [-0.2, 0) is 14.3 Å². The normalized spacial score (nSPS) is 15.9. The van der Waals surface area contributed by atoms with Crippen molar-refractivity contribution in [2.75, 3.05) is 35.8 Å². The zero-order valence-electron chi connectivity index (χ0n) is 16.1. The number of ether oxygens (including phenoxy) is 1. The summed E-state index contributed by atoms with van der Waals surface area (Å²) in [4.78, 5) is 40.5. The molecule has 0 saturated heterocycles. The maximum absolute atomic E-state index is 12.8. The Morgan fingerprint density at radius 3 is 2.50 bits per heavy atom. The van der Waals surface area contributed by atoms with E-state index in [1.807, 2.05) is 31.1 Å². The molecule has 1 aliphatic rings. The maximum atomic E-state index is 12.8. The van der Waals surface area contributed by atoms with E-state index in [9.17, 15) is 14.4 Å². The van der Waals surface area contributed by atoms with Gasteiger partial charge in [0.05, 0.1) is 16.9 Å². The average Bonchev–Trinajstić information content (AvgIpc) is 2.80. The van der Waals surface area contributed by atoms with Gasteiger partial charge in [0.2, 0.25) is 5.91 Å². The number of esters is 1. The van der Waals surface area contributed by atoms with Crippen molar-refractivity contribution in [1.29, 1.82) is 0 Å². The molecule has 1 aliphatic heterocycles. The summed E-state index contributed by atoms with van der Waals surface area (Å²) >= 11 is 0. The molecule has 7 heteroatoms. The van der Waals surface area contributed by atoms with Gasteiger partial charge in [0.15, 0.2) is 6.61 Å². The number of amides is 2. The standard InChI is InChI=1S/C21H23N3O4/c1-14-12-19(25)22-17-6-4-5-7-18(17)24(14)20(26)13-28-21(27)15-8-10-16(11-9-15)23(2)3/h4-11,14H,12-13H2,1-3H3,(H,22,25)/t14-/m0/s1. The number of hydrogen-bond acceptors (Lipinski definition) is 5. The third kappa shape index (κ3) is 4.14. The lowest BCUT2D eigenvalue weighted by Gasteiger charge is -2.27. The molecule has 0 bridgehead atoms. The highest BCUT2D eigenvalue weighted by atomic mass is 16.5. The molecule has 1 heterocycles. The van der Waals surface area contributed by atoms with Crippen LogP contribution in [0.25, 0.3) is 0 Å². The minimum Gasteiger partial charge on any atom is -0.452 e. The molecule has 146 valence electrons. The highest BCUT2D eigenvalue weighted by Crippen LogP contribution is 2.31. The number of hydrogen-bond donors (Lipinski definition) is 1. The van der Waals surface area contributed by atoms with Gasteiger partial charge in [-0.2, -0.15) is 0 Å². The number of para-hydroxylation sites is 2. The lowest BCUT2D eigenvalue weighted by Crippen LogP contribution is -2.41. The molecule has 0 fully saturated rings. The van der Waals surface area contributed by atoms with Crippen LogP contribution in [0, 0.1) is 0 Å². The SMILES string of the molecule is C[C@H]1CC(=O)Nc2ccccc2N1C(=O)COC(=O)c1ccc(N(C)C)cc1. The predicted octanol–water partition coefficient (Wildman–Crippen LogP) is 2.67. The Labute approximate surface area is 163 Å². The molecule has 0 aliphatic carbocycles. The Morgan fingerprint density at radius 2 is 1.82 bits per heavy atom. The van der Waals surface area contributed by atoms with Crippen LogP contribution in [0.4, 0.5) is 17.1 Å². The quantitative estimate of drug-likeness (QED) is 0.824. The Hall–Kier alpha value is -3.35. The Kier molecular flexibility index (Phi) is 5.63. The summed E-state index contributed by atoms with van der Waals surface area (Å²) in [6.07, 6.45) is 0.167. The number of fused-ring (bicyclic) bond motifs is 1. The molecule has 2 aromatic carbocycles. The molecule has 2 aromatic rings. The van der Waals surface area contributed by atoms with Crippen LogP contribution < -0.4 is 15.1 Å². The lowest BCUT2D eigenvalue weighted by atomic mass is 10.1. The summed E-state index contributed by atoms with van der Waals surface area (Å²) in [6, 6.07) is 13.7. The molecule has 3 rings (SSSR count). The molecule has 0 saturated carbocycles. The maximum Gasteiger partial charge on any atom is 0.338 e. The van der Waals surface area contributed by atoms with Crippen molar-refractivity contribution in [3.8, 4) is 0 Å². The van der Waals surface area contributed by atoms with E-state index in [1.165, 1.54) is 4.90 Å². The first-order valence-corrected chi connectivity index (χ1v) is 9.02. The Bertz CT molecular complexity index is 893. The second-order valence-corrected chi connectivity index (χ2v) is 6.90. The third-order valence-electron chi connectivity index (χ3n) is 4.57. The largest absolute Gasteiger partial charge is 0.452 e. The highest BCUT2D eigenvalue weighted by molar-refractivity contribution is 6.05. The van der Waals surface area contributed by atoms with Gasteiger partial charge in [0, 0.05) is 32.2 Å². The molecule has 0 unspecified atom stereocenters. The second-order valence-electron chi connectivity index (χ2n) is 6.90. The first kappa shape index (κ1) is 19.4. The first-order valence-electron chi connectivity index (χ1n) is 9.02. The van der Waals surface area contributed by atoms with Crippen molar-refractivity contribution in [2.45, 2.75) is 19.4 Å². The summed E-state index contributed by atoms with van der Waals surface area (Å²) < 4.78 is 5.23. The van der Waals surface area contributed by atoms with Crippen LogP contribution in [0.5, 0.6) is 0 Å². The average molecular weight is 381 g/mol. The molecule has 0 spiro atoms. The number of benzene rings is 2. The summed E-state index contributed by atoms with van der Waals surface area (Å²) in [7, 11) is 3.82. The molecule has 0 aromatic heterocycles. The lowest BCUT2D eigenvalue weighted by molar-refractivity contribution is -0.122. The van der Waals surface area contributed by atoms with Crippen molar-refractivity contribution in [2.24, 2.45) is 0 Å². The minimum atomic E-state index is -0.566. The number of nitrogens with one attached hydrogen (secondary N) is 1. The topological polar surface area (TPSA) is 79.0 Å². The van der Waals surface area contributed by atoms with E-state index in [4.69, 9.17) is 4.74 Å². The van der Waals surface area contributed by atoms with E-state index < -0.39 is 12.6 Å². The Balaban J connectivity index is 1.71. The van der Waals surface area contributed by atoms with Crippen LogP contribution in [0.1, 0.15) is 23.7 Å². The molecule has 0 radical (unpaired) electrons. The second kappa shape index (κ2) is 8.12. The van der Waals surface area contributed by atoms with Crippen LogP contribution in [0.2, 0.25) is 0 Å². The van der Waals surface area contributed by atoms with E-state index >= 15 is 0 Å². The van der Waals surface area contributed by atoms with Crippen molar-refractivity contribution in [1.82, 2.24) is 0 Å². The summed E-state index contributed by atoms with van der Waals surface area (Å²) in [5.41, 5.74) is 2.49. The van der Waals surface area contributed by atoms with Gasteiger partial charge < -0.3 is 19.9 Å². The van der Waals surface area contributed by atoms with Gasteiger partial charge in [-0.25, -0.2) is 4.79 Å². The van der Waals surface area contributed by atoms with E-state index in [2.05, 4.69) is 5.32 Å². The minimum absolute atomic E-state index is 0.159. The van der Waals surface area contributed by atoms with Crippen molar-refractivity contribution in [3.05, 3.63) is 54.1 Å². The van der Waals surface area contributed by atoms with Crippen LogP contribution in [-0.4, -0.2) is 44.5 Å². The number of carbonyl (C=O) groups is 3. The molecule has 28 heavy (non-hydrogen) atoms. The van der Waals surface area contributed by atoms with Gasteiger partial charge in [0.25, 0.3) is 5.91 Å². The number of carbonyl (C=O) groups excluding carboxylic acids is 3. The number of rotatable bonds is 4. The predicted molar refractivity (Wildman–Crippen MR) is 108 cm³/mol. The smallest absolute Gasteiger partial charge is 0.338 e. The summed E-state index contributed by atoms with van der Waals surface area (Å²) in [5, 5.41) is 2.80. The van der Waals surface area contributed by atoms with E-state index in [1.54, 1.807) is 43.3 Å².